The van der Waals surface area contributed by atoms with Crippen LogP contribution in [0.1, 0.15) is 0 Å². The van der Waals surface area contributed by atoms with Gasteiger partial charge in [0, 0.05) is 0 Å². The maximum absolute atomic E-state index is 13.2. The molecule has 88 nitrogen and oxygen atoms in total. The average molecular weight is 2510 g/mol. The molecule has 30 atom stereocenters. The van der Waals surface area contributed by atoms with Gasteiger partial charge in [-0.1, -0.05) is 0 Å². The Morgan fingerprint density at radius 2 is 0.252 bits per heavy atom. The van der Waals surface area contributed by atoms with E-state index in [1.54, 1.807) is 0 Å². The second kappa shape index (κ2) is 47.2. The van der Waals surface area contributed by atoms with Gasteiger partial charge in [0.05, 0.1) is 39.6 Å². The number of aliphatic hydroxyl groups is 1. The fourth-order valence-electron chi connectivity index (χ4n) is 12.4. The normalized spacial score (nSPS) is 33.5. The molecule has 0 aromatic heterocycles. The second-order valence-electron chi connectivity index (χ2n) is 26.4. The van der Waals surface area contributed by atoms with Crippen molar-refractivity contribution in [3.8, 4) is 0 Å². The SMILES string of the molecule is O=S(=O)(O)OC[C@H]1O[C@H](O[C@H]2[C@H](OS(=O)(=O)O)[C@@H](OS(=O)(=O)O)[C@@H](O[C@H]3[C@H](OS(=O)(=O)O)[C@@H](OS(=O)(=O)O)C(O)O[C@@H]3COS(=O)(=O)O)O[C@@H]2COS(=O)(=O)O)[C@H](OS(=O)(=O)O)[C@@H](OS(=O)(=O)O)[C@@H]1O[C@H]1O[C@H](COS(=O)(=O)O)[C@@H](O[C@H]2O[C@H](COS(=O)(=O)O)[C@@H](O[C@H]3O[C@H](COS(=O)(=O)O)[C@@H](OS(=O)(=O)O)[C@@H](OS(=O)(=O)O)[C@H]3OS(=O)(=O)O)[C@H](OS(=O)(=O)O)[C@H]2OS(=O)(=O)O)[C@H](OS(=O)(=O)O)[C@H]1OS(=O)(=O)O. The zero-order valence-electron chi connectivity index (χ0n) is 66.0. The van der Waals surface area contributed by atoms with Crippen molar-refractivity contribution in [2.45, 2.75) is 184 Å². The van der Waals surface area contributed by atoms with E-state index in [0.717, 1.165) is 0 Å². The Bertz CT molecular complexity index is 6720. The Hall–Kier alpha value is -2.95. The Labute approximate surface area is 799 Å². The number of aliphatic hydroxyl groups excluding tert-OH is 1. The van der Waals surface area contributed by atoms with Gasteiger partial charge in [-0.25, -0.2) is 79.5 Å². The molecule has 6 rings (SSSR count). The first-order valence-corrected chi connectivity index (χ1v) is 59.6. The van der Waals surface area contributed by atoms with E-state index in [4.69, 9.17) is 52.1 Å². The lowest BCUT2D eigenvalue weighted by atomic mass is 9.95. The van der Waals surface area contributed by atoms with Crippen LogP contribution in [0.5, 0.6) is 0 Å². The van der Waals surface area contributed by atoms with Gasteiger partial charge in [-0.3, -0.25) is 86.5 Å². The molecule has 0 aromatic rings. The summed E-state index contributed by atoms with van der Waals surface area (Å²) in [4.78, 5) is 0. The van der Waals surface area contributed by atoms with Gasteiger partial charge in [0.15, 0.2) is 74.4 Å². The fourth-order valence-corrected chi connectivity index (χ4v) is 20.6. The Kier molecular flexibility index (Phi) is 42.4. The smallest absolute Gasteiger partial charge is 0.366 e. The predicted molar refractivity (Wildman–Crippen MR) is 397 cm³/mol. The summed E-state index contributed by atoms with van der Waals surface area (Å²) in [6.07, 6.45) is -117. The minimum absolute atomic E-state index is 2.18. The number of hydrogen-bond donors (Lipinski definition) is 20. The average Bonchev–Trinajstić information content (AvgIpc) is 0.746. The molecule has 0 bridgehead atoms. The first-order chi connectivity index (χ1) is 63.5. The van der Waals surface area contributed by atoms with E-state index in [0.29, 0.717) is 0 Å². The van der Waals surface area contributed by atoms with Crippen LogP contribution in [0.15, 0.2) is 0 Å². The topological polar surface area (TPSA) is 1330 Å². The summed E-state index contributed by atoms with van der Waals surface area (Å²) >= 11 is 0. The molecule has 1 unspecified atom stereocenters. The van der Waals surface area contributed by atoms with Gasteiger partial charge in [0.25, 0.3) is 0 Å². The molecule has 6 aliphatic heterocycles. The number of rotatable bonds is 54. The van der Waals surface area contributed by atoms with Gasteiger partial charge in [0.1, 0.15) is 110 Å². The van der Waals surface area contributed by atoms with Crippen LogP contribution in [-0.2, 0) is 329 Å². The summed E-state index contributed by atoms with van der Waals surface area (Å²) < 4.78 is 806. The minimum Gasteiger partial charge on any atom is -0.366 e. The largest absolute Gasteiger partial charge is 0.397 e. The van der Waals surface area contributed by atoms with Crippen LogP contribution in [0, 0.1) is 0 Å². The summed E-state index contributed by atoms with van der Waals surface area (Å²) in [5.41, 5.74) is 0. The molecular formula is C36H62O88S19. The van der Waals surface area contributed by atoms with Gasteiger partial charge in [-0.2, -0.15) is 160 Å². The molecule has 143 heavy (non-hydrogen) atoms. The molecular weight excluding hydrogens is 2450 g/mol. The van der Waals surface area contributed by atoms with Crippen LogP contribution in [0.25, 0.3) is 0 Å². The molecule has 848 valence electrons. The third-order valence-corrected chi connectivity index (χ3v) is 25.0. The van der Waals surface area contributed by atoms with Crippen molar-refractivity contribution < 1.29 is 383 Å². The molecule has 0 aliphatic carbocycles. The van der Waals surface area contributed by atoms with Crippen LogP contribution in [0.3, 0.4) is 0 Å². The van der Waals surface area contributed by atoms with E-state index < -0.39 is 421 Å². The maximum Gasteiger partial charge on any atom is 0.397 e. The van der Waals surface area contributed by atoms with E-state index in [2.05, 4.69) is 79.5 Å². The van der Waals surface area contributed by atoms with Crippen molar-refractivity contribution in [2.75, 3.05) is 39.6 Å². The summed E-state index contributed by atoms with van der Waals surface area (Å²) in [7, 11) is -127. The molecule has 6 fully saturated rings. The van der Waals surface area contributed by atoms with Crippen molar-refractivity contribution in [1.29, 1.82) is 0 Å². The van der Waals surface area contributed by atoms with Crippen molar-refractivity contribution in [1.82, 2.24) is 0 Å². The predicted octanol–water partition coefficient (Wildman–Crippen LogP) is -17.4. The minimum atomic E-state index is -7.14. The van der Waals surface area contributed by atoms with E-state index in [-0.39, 0.29) is 0 Å². The van der Waals surface area contributed by atoms with Gasteiger partial charge >= 0.3 is 198 Å². The van der Waals surface area contributed by atoms with E-state index >= 15 is 0 Å². The van der Waals surface area contributed by atoms with Gasteiger partial charge in [-0.05, 0) is 0 Å². The Morgan fingerprint density at radius 3 is 0.399 bits per heavy atom. The quantitative estimate of drug-likeness (QED) is 0.0251. The van der Waals surface area contributed by atoms with Crippen LogP contribution in [-0.4, -0.2) is 475 Å². The maximum atomic E-state index is 13.2. The fraction of sp³-hybridized carbons (Fsp3) is 1.00. The molecule has 20 N–H and O–H groups in total. The molecule has 6 saturated heterocycles. The summed E-state index contributed by atoms with van der Waals surface area (Å²) in [5, 5.41) is 10.8. The van der Waals surface area contributed by atoms with Crippen molar-refractivity contribution in [3.05, 3.63) is 0 Å². The van der Waals surface area contributed by atoms with Gasteiger partial charge < -0.3 is 57.2 Å². The van der Waals surface area contributed by atoms with Crippen LogP contribution >= 0.6 is 0 Å². The molecule has 0 spiro atoms. The lowest BCUT2D eigenvalue weighted by molar-refractivity contribution is -0.386. The standard InChI is InChI=1S/C36H62O88S19/c37-31-25(119-138(77,78)79)19(113-132(59,60)61)13(7(101-31)1-95-125(38,39)40)107-32-26(120-139(80,81)82)20(114-133(62,63)64)14(8(102-32)2-96-126(41,42)43)108-33-27(121-140(83,84)85)21(115-134(65,66)67)15(9(103-33)3-97-127(44,45)46)109-34-28(122-141(86,87)88)22(116-135(68,69)70)16(10(104-34)4-98-128(47,48)49)110-35-29(123-142(89,90)91)23(117-136(71,72)73)17(11(105-35)5-99-129(50,51)52)111-36-30(124-143(92,93)94)24(118-137(74,75)76)18(112-131(56,57)58)12(106-36)6-100-130(53,54)55/h7-37H,1-6H2,(H,38,39,40)(H,41,42,43)(H,44,45,46)(H,47,48,49)(H,50,51,52)(H,53,54,55)(H,56,57,58)(H,59,60,61)(H,62,63,64)(H,65,66,67)(H,68,69,70)(H,71,72,73)(H,74,75,76)(H,77,78,79)(H,80,81,82)(H,83,84,85)(H,86,87,88)(H,89,90,91)(H,92,93,94)/t7-,8-,9-,10-,11-,12-,13-,14-,15-,16-,17-,18-,19+,20+,21+,22+,23+,24-,25-,26-,27-,28-,29-,30-,31?,32-,33-,34-,35-,36-/m1/s1. The molecule has 0 amide bonds. The zero-order chi connectivity index (χ0) is 110. The molecule has 0 radical (unpaired) electrons. The Morgan fingerprint density at radius 1 is 0.140 bits per heavy atom. The summed E-state index contributed by atoms with van der Waals surface area (Å²) in [6.45, 7) is -15.1. The van der Waals surface area contributed by atoms with Crippen LogP contribution in [0.4, 0.5) is 0 Å². The second-order valence-corrected chi connectivity index (χ2v) is 46.6. The molecule has 6 aliphatic rings. The lowest BCUT2D eigenvalue weighted by Crippen LogP contribution is -2.70. The van der Waals surface area contributed by atoms with Crippen molar-refractivity contribution in [3.63, 3.8) is 0 Å². The highest BCUT2D eigenvalue weighted by Gasteiger charge is 2.66. The first kappa shape index (κ1) is 129. The highest BCUT2D eigenvalue weighted by Crippen LogP contribution is 2.45. The summed E-state index contributed by atoms with van der Waals surface area (Å²) in [6, 6.07) is 0. The van der Waals surface area contributed by atoms with E-state index in [1.165, 1.54) is 0 Å². The molecule has 0 aromatic carbocycles. The van der Waals surface area contributed by atoms with Crippen molar-refractivity contribution >= 4 is 198 Å². The highest BCUT2D eigenvalue weighted by molar-refractivity contribution is 7.85. The zero-order valence-corrected chi connectivity index (χ0v) is 81.5. The van der Waals surface area contributed by atoms with Crippen LogP contribution in [0.2, 0.25) is 0 Å². The van der Waals surface area contributed by atoms with Crippen LogP contribution < -0.4 is 0 Å². The van der Waals surface area contributed by atoms with E-state index in [1.807, 2.05) is 0 Å². The number of hydrogen-bond acceptors (Lipinski definition) is 69. The Balaban J connectivity index is 1.71. The van der Waals surface area contributed by atoms with Crippen molar-refractivity contribution in [2.24, 2.45) is 0 Å². The lowest BCUT2D eigenvalue weighted by Gasteiger charge is -2.51. The monoisotopic (exact) mass is 2510 g/mol. The summed E-state index contributed by atoms with van der Waals surface area (Å²) in [5.74, 6) is 0. The third-order valence-electron chi connectivity index (χ3n) is 16.3. The molecule has 107 heteroatoms. The van der Waals surface area contributed by atoms with Gasteiger partial charge in [-0.15, -0.1) is 0 Å². The first-order valence-electron chi connectivity index (χ1n) is 33.7. The molecule has 0 saturated carbocycles. The number of ether oxygens (including phenoxy) is 11. The van der Waals surface area contributed by atoms with Gasteiger partial charge in [0.2, 0.25) is 0 Å². The third kappa shape index (κ3) is 46.1. The molecule has 6 heterocycles. The van der Waals surface area contributed by atoms with E-state index in [9.17, 15) is 252 Å². The highest BCUT2D eigenvalue weighted by atomic mass is 32.3.